The van der Waals surface area contributed by atoms with Crippen molar-refractivity contribution in [3.63, 3.8) is 0 Å². The zero-order valence-corrected chi connectivity index (χ0v) is 9.99. The Kier molecular flexibility index (Phi) is 3.54. The Morgan fingerprint density at radius 1 is 1.39 bits per heavy atom. The van der Waals surface area contributed by atoms with Crippen LogP contribution in [0.1, 0.15) is 12.0 Å². The second-order valence-corrected chi connectivity index (χ2v) is 4.65. The van der Waals surface area contributed by atoms with E-state index >= 15 is 0 Å². The lowest BCUT2D eigenvalue weighted by atomic mass is 9.76. The first kappa shape index (κ1) is 12.9. The maximum atomic E-state index is 10.9. The Morgan fingerprint density at radius 3 is 2.61 bits per heavy atom. The summed E-state index contributed by atoms with van der Waals surface area (Å²) in [5, 5.41) is 29.1. The fourth-order valence-corrected chi connectivity index (χ4v) is 2.51. The van der Waals surface area contributed by atoms with Crippen molar-refractivity contribution in [3.8, 4) is 0 Å². The van der Waals surface area contributed by atoms with Crippen molar-refractivity contribution in [3.05, 3.63) is 35.9 Å². The summed E-state index contributed by atoms with van der Waals surface area (Å²) in [7, 11) is 0. The van der Waals surface area contributed by atoms with Gasteiger partial charge in [-0.3, -0.25) is 0 Å². The van der Waals surface area contributed by atoms with E-state index in [2.05, 4.69) is 0 Å². The molecule has 1 aromatic rings. The summed E-state index contributed by atoms with van der Waals surface area (Å²) >= 11 is 0. The summed E-state index contributed by atoms with van der Waals surface area (Å²) in [5.41, 5.74) is -0.420. The topological polar surface area (TPSA) is 81.0 Å². The summed E-state index contributed by atoms with van der Waals surface area (Å²) in [5.74, 6) is -0.496. The van der Waals surface area contributed by atoms with Crippen LogP contribution in [-0.4, -0.2) is 46.0 Å². The molecule has 0 aromatic heterocycles. The smallest absolute Gasteiger partial charge is 0.407 e. The number of hydrogen-bond acceptors (Lipinski definition) is 3. The Balaban J connectivity index is 2.25. The predicted octanol–water partition coefficient (Wildman–Crippen LogP) is 0.866. The van der Waals surface area contributed by atoms with Crippen LogP contribution in [0.3, 0.4) is 0 Å². The molecule has 2 rings (SSSR count). The fourth-order valence-electron chi connectivity index (χ4n) is 2.51. The number of piperidine rings is 1. The highest BCUT2D eigenvalue weighted by Crippen LogP contribution is 2.37. The van der Waals surface area contributed by atoms with Crippen molar-refractivity contribution in [1.82, 2.24) is 4.90 Å². The van der Waals surface area contributed by atoms with Gasteiger partial charge < -0.3 is 20.2 Å². The number of aliphatic hydroxyl groups excluding tert-OH is 1. The molecule has 0 aliphatic carbocycles. The zero-order chi connectivity index (χ0) is 13.2. The van der Waals surface area contributed by atoms with E-state index in [1.807, 2.05) is 18.2 Å². The van der Waals surface area contributed by atoms with Crippen LogP contribution in [0, 0.1) is 5.92 Å². The molecule has 0 radical (unpaired) electrons. The minimum absolute atomic E-state index is 0.150. The minimum atomic E-state index is -1.15. The molecule has 1 amide bonds. The molecule has 2 unspecified atom stereocenters. The standard InChI is InChI=1S/C13H17NO4/c15-9-11-8-14(12(16)17)7-6-13(11,18)10-4-2-1-3-5-10/h1-5,11,15,18H,6-9H2,(H,16,17). The highest BCUT2D eigenvalue weighted by atomic mass is 16.4. The number of hydrogen-bond donors (Lipinski definition) is 3. The molecule has 1 fully saturated rings. The van der Waals surface area contributed by atoms with E-state index in [1.165, 1.54) is 4.90 Å². The molecule has 1 saturated heterocycles. The van der Waals surface area contributed by atoms with Gasteiger partial charge in [-0.15, -0.1) is 0 Å². The molecule has 1 aromatic carbocycles. The van der Waals surface area contributed by atoms with Gasteiger partial charge in [0.25, 0.3) is 0 Å². The van der Waals surface area contributed by atoms with Crippen LogP contribution in [0.5, 0.6) is 0 Å². The number of amides is 1. The lowest BCUT2D eigenvalue weighted by Gasteiger charge is -2.43. The molecule has 5 heteroatoms. The largest absolute Gasteiger partial charge is 0.465 e. The first-order valence-electron chi connectivity index (χ1n) is 5.94. The Morgan fingerprint density at radius 2 is 2.06 bits per heavy atom. The molecule has 2 atom stereocenters. The van der Waals surface area contributed by atoms with Crippen molar-refractivity contribution < 1.29 is 20.1 Å². The van der Waals surface area contributed by atoms with E-state index in [1.54, 1.807) is 12.1 Å². The molecule has 3 N–H and O–H groups in total. The summed E-state index contributed by atoms with van der Waals surface area (Å²) < 4.78 is 0. The second-order valence-electron chi connectivity index (χ2n) is 4.65. The molecule has 1 aliphatic rings. The van der Waals surface area contributed by atoms with Gasteiger partial charge in [-0.1, -0.05) is 30.3 Å². The first-order chi connectivity index (χ1) is 8.58. The van der Waals surface area contributed by atoms with E-state index < -0.39 is 17.6 Å². The van der Waals surface area contributed by atoms with Crippen molar-refractivity contribution in [1.29, 1.82) is 0 Å². The summed E-state index contributed by atoms with van der Waals surface area (Å²) in [6.45, 7) is 0.184. The van der Waals surface area contributed by atoms with Crippen LogP contribution < -0.4 is 0 Å². The highest BCUT2D eigenvalue weighted by Gasteiger charge is 2.43. The van der Waals surface area contributed by atoms with E-state index in [4.69, 9.17) is 5.11 Å². The van der Waals surface area contributed by atoms with Crippen LogP contribution in [0.15, 0.2) is 30.3 Å². The first-order valence-corrected chi connectivity index (χ1v) is 5.94. The Bertz CT molecular complexity index is 422. The van der Waals surface area contributed by atoms with Crippen molar-refractivity contribution >= 4 is 6.09 Å². The van der Waals surface area contributed by atoms with Crippen LogP contribution in [0.2, 0.25) is 0 Å². The Hall–Kier alpha value is -1.59. The number of carboxylic acid groups (broad SMARTS) is 1. The molecule has 1 aliphatic heterocycles. The number of rotatable bonds is 2. The molecule has 0 bridgehead atoms. The van der Waals surface area contributed by atoms with Crippen molar-refractivity contribution in [2.45, 2.75) is 12.0 Å². The maximum absolute atomic E-state index is 10.9. The summed E-state index contributed by atoms with van der Waals surface area (Å²) in [4.78, 5) is 12.2. The number of likely N-dealkylation sites (tertiary alicyclic amines) is 1. The summed E-state index contributed by atoms with van der Waals surface area (Å²) in [6.07, 6.45) is -0.710. The average molecular weight is 251 g/mol. The van der Waals surface area contributed by atoms with Crippen molar-refractivity contribution in [2.75, 3.05) is 19.7 Å². The third kappa shape index (κ3) is 2.19. The van der Waals surface area contributed by atoms with Gasteiger partial charge in [0.15, 0.2) is 0 Å². The molecular formula is C13H17NO4. The minimum Gasteiger partial charge on any atom is -0.465 e. The van der Waals surface area contributed by atoms with Crippen LogP contribution in [-0.2, 0) is 5.60 Å². The number of nitrogens with zero attached hydrogens (tertiary/aromatic N) is 1. The predicted molar refractivity (Wildman–Crippen MR) is 65.1 cm³/mol. The van der Waals surface area contributed by atoms with Gasteiger partial charge in [-0.2, -0.15) is 0 Å². The van der Waals surface area contributed by atoms with Crippen LogP contribution >= 0.6 is 0 Å². The third-order valence-corrected chi connectivity index (χ3v) is 3.64. The van der Waals surface area contributed by atoms with E-state index in [0.717, 1.165) is 5.56 Å². The second kappa shape index (κ2) is 4.96. The third-order valence-electron chi connectivity index (χ3n) is 3.64. The van der Waals surface area contributed by atoms with Gasteiger partial charge in [0.1, 0.15) is 0 Å². The van der Waals surface area contributed by atoms with E-state index in [0.29, 0.717) is 6.42 Å². The Labute approximate surface area is 105 Å². The van der Waals surface area contributed by atoms with E-state index in [-0.39, 0.29) is 19.7 Å². The molecular weight excluding hydrogens is 234 g/mol. The van der Waals surface area contributed by atoms with Crippen LogP contribution in [0.4, 0.5) is 4.79 Å². The maximum Gasteiger partial charge on any atom is 0.407 e. The van der Waals surface area contributed by atoms with Gasteiger partial charge in [0, 0.05) is 19.0 Å². The van der Waals surface area contributed by atoms with Gasteiger partial charge in [-0.25, -0.2) is 4.79 Å². The quantitative estimate of drug-likeness (QED) is 0.728. The van der Waals surface area contributed by atoms with Gasteiger partial charge in [0.2, 0.25) is 0 Å². The fraction of sp³-hybridized carbons (Fsp3) is 0.462. The van der Waals surface area contributed by atoms with Gasteiger partial charge in [-0.05, 0) is 12.0 Å². The summed E-state index contributed by atoms with van der Waals surface area (Å²) in [6, 6.07) is 9.11. The number of carbonyl (C=O) groups is 1. The normalized spacial score (nSPS) is 28.1. The molecule has 0 spiro atoms. The molecule has 0 saturated carbocycles. The van der Waals surface area contributed by atoms with E-state index in [9.17, 15) is 15.0 Å². The average Bonchev–Trinajstić information content (AvgIpc) is 2.40. The lowest BCUT2D eigenvalue weighted by molar-refractivity contribution is -0.0888. The highest BCUT2D eigenvalue weighted by molar-refractivity contribution is 5.65. The molecule has 18 heavy (non-hydrogen) atoms. The van der Waals surface area contributed by atoms with Crippen LogP contribution in [0.25, 0.3) is 0 Å². The zero-order valence-electron chi connectivity index (χ0n) is 9.99. The lowest BCUT2D eigenvalue weighted by Crippen LogP contribution is -2.52. The molecule has 1 heterocycles. The van der Waals surface area contributed by atoms with Gasteiger partial charge >= 0.3 is 6.09 Å². The monoisotopic (exact) mass is 251 g/mol. The number of aliphatic hydroxyl groups is 2. The number of benzene rings is 1. The molecule has 98 valence electrons. The molecule has 5 nitrogen and oxygen atoms in total. The van der Waals surface area contributed by atoms with Crippen molar-refractivity contribution in [2.24, 2.45) is 5.92 Å². The SMILES string of the molecule is O=C(O)N1CCC(O)(c2ccccc2)C(CO)C1. The van der Waals surface area contributed by atoms with Gasteiger partial charge in [0.05, 0.1) is 12.2 Å².